The lowest BCUT2D eigenvalue weighted by Gasteiger charge is -2.07. The molecule has 21 heavy (non-hydrogen) atoms. The molecule has 0 N–H and O–H groups in total. The average molecular weight is 328 g/mol. The number of nitrogens with zero attached hydrogens (tertiary/aromatic N) is 3. The lowest BCUT2D eigenvalue weighted by atomic mass is 10.1. The number of halogens is 2. The Labute approximate surface area is 136 Å². The van der Waals surface area contributed by atoms with Crippen LogP contribution in [-0.4, -0.2) is 20.4 Å². The summed E-state index contributed by atoms with van der Waals surface area (Å²) in [5.41, 5.74) is 1.79. The van der Waals surface area contributed by atoms with Crippen LogP contribution in [0.5, 0.6) is 0 Å². The van der Waals surface area contributed by atoms with Crippen molar-refractivity contribution in [3.8, 4) is 0 Å². The van der Waals surface area contributed by atoms with Crippen LogP contribution >= 0.6 is 23.2 Å². The van der Waals surface area contributed by atoms with Gasteiger partial charge < -0.3 is 4.57 Å². The summed E-state index contributed by atoms with van der Waals surface area (Å²) in [6, 6.07) is 1.87. The zero-order chi connectivity index (χ0) is 15.1. The molecular formula is C16H23Cl2N3. The highest BCUT2D eigenvalue weighted by atomic mass is 35.5. The molecule has 0 bridgehead atoms. The van der Waals surface area contributed by atoms with Gasteiger partial charge in [-0.15, -0.1) is 11.6 Å². The number of alkyl halides is 1. The molecule has 0 aromatic carbocycles. The van der Waals surface area contributed by atoms with Crippen LogP contribution in [0.3, 0.4) is 0 Å². The fourth-order valence-corrected chi connectivity index (χ4v) is 2.92. The van der Waals surface area contributed by atoms with Gasteiger partial charge in [0.25, 0.3) is 0 Å². The maximum atomic E-state index is 5.99. The van der Waals surface area contributed by atoms with Crippen molar-refractivity contribution in [1.82, 2.24) is 14.5 Å². The number of unbranched alkanes of at least 4 members (excludes halogenated alkanes) is 5. The van der Waals surface area contributed by atoms with Gasteiger partial charge in [-0.3, -0.25) is 0 Å². The average Bonchev–Trinajstić information content (AvgIpc) is 2.80. The van der Waals surface area contributed by atoms with Gasteiger partial charge in [-0.1, -0.05) is 50.6 Å². The Bertz CT molecular complexity index is 566. The zero-order valence-corrected chi connectivity index (χ0v) is 14.1. The molecule has 0 saturated carbocycles. The first-order valence-electron chi connectivity index (χ1n) is 7.83. The van der Waals surface area contributed by atoms with Crippen LogP contribution in [0.2, 0.25) is 5.02 Å². The van der Waals surface area contributed by atoms with Crippen molar-refractivity contribution in [1.29, 1.82) is 0 Å². The lowest BCUT2D eigenvalue weighted by molar-refractivity contribution is 0.553. The molecule has 0 amide bonds. The van der Waals surface area contributed by atoms with E-state index in [1.54, 1.807) is 6.20 Å². The van der Waals surface area contributed by atoms with Gasteiger partial charge in [0.1, 0.15) is 11.3 Å². The molecule has 2 rings (SSSR count). The summed E-state index contributed by atoms with van der Waals surface area (Å²) in [6.07, 6.45) is 10.2. The molecule has 0 unspecified atom stereocenters. The Morgan fingerprint density at radius 2 is 1.90 bits per heavy atom. The number of imidazole rings is 1. The summed E-state index contributed by atoms with van der Waals surface area (Å²) >= 11 is 11.9. The highest BCUT2D eigenvalue weighted by Crippen LogP contribution is 2.19. The zero-order valence-electron chi connectivity index (χ0n) is 12.6. The van der Waals surface area contributed by atoms with E-state index in [0.29, 0.717) is 10.9 Å². The number of aryl methyl sites for hydroxylation is 2. The summed E-state index contributed by atoms with van der Waals surface area (Å²) in [4.78, 5) is 9.06. The molecule has 0 saturated heterocycles. The van der Waals surface area contributed by atoms with E-state index in [0.717, 1.165) is 36.4 Å². The van der Waals surface area contributed by atoms with Crippen molar-refractivity contribution in [3.05, 3.63) is 23.1 Å². The Morgan fingerprint density at radius 3 is 2.67 bits per heavy atom. The molecule has 3 nitrogen and oxygen atoms in total. The molecule has 0 aliphatic heterocycles. The SMILES string of the molecule is CCCCCCCCn1c(CCCl)nc2cc(Cl)cnc21. The van der Waals surface area contributed by atoms with Crippen LogP contribution in [-0.2, 0) is 13.0 Å². The van der Waals surface area contributed by atoms with Crippen LogP contribution in [0.15, 0.2) is 12.3 Å². The van der Waals surface area contributed by atoms with Gasteiger partial charge in [0.2, 0.25) is 0 Å². The van der Waals surface area contributed by atoms with Crippen molar-refractivity contribution in [2.24, 2.45) is 0 Å². The number of pyridine rings is 1. The van der Waals surface area contributed by atoms with E-state index in [9.17, 15) is 0 Å². The lowest BCUT2D eigenvalue weighted by Crippen LogP contribution is -2.05. The van der Waals surface area contributed by atoms with Crippen LogP contribution in [0, 0.1) is 0 Å². The second kappa shape index (κ2) is 8.60. The molecule has 2 aromatic rings. The maximum absolute atomic E-state index is 5.99. The normalized spacial score (nSPS) is 11.4. The highest BCUT2D eigenvalue weighted by Gasteiger charge is 2.11. The molecule has 0 aliphatic carbocycles. The summed E-state index contributed by atoms with van der Waals surface area (Å²) in [5.74, 6) is 1.59. The second-order valence-corrected chi connectivity index (χ2v) is 6.20. The number of fused-ring (bicyclic) bond motifs is 1. The molecule has 0 radical (unpaired) electrons. The van der Waals surface area contributed by atoms with E-state index >= 15 is 0 Å². The summed E-state index contributed by atoms with van der Waals surface area (Å²) < 4.78 is 2.20. The molecular weight excluding hydrogens is 305 g/mol. The molecule has 0 spiro atoms. The third-order valence-corrected chi connectivity index (χ3v) is 4.08. The van der Waals surface area contributed by atoms with E-state index < -0.39 is 0 Å². The van der Waals surface area contributed by atoms with Crippen LogP contribution in [0.25, 0.3) is 11.2 Å². The van der Waals surface area contributed by atoms with E-state index in [1.165, 1.54) is 32.1 Å². The molecule has 2 aromatic heterocycles. The molecule has 0 fully saturated rings. The minimum atomic E-state index is 0.577. The van der Waals surface area contributed by atoms with Gasteiger partial charge in [0, 0.05) is 25.0 Å². The molecule has 0 aliphatic rings. The topological polar surface area (TPSA) is 30.7 Å². The van der Waals surface area contributed by atoms with E-state index in [-0.39, 0.29) is 0 Å². The highest BCUT2D eigenvalue weighted by molar-refractivity contribution is 6.31. The van der Waals surface area contributed by atoms with Gasteiger partial charge >= 0.3 is 0 Å². The van der Waals surface area contributed by atoms with Crippen LogP contribution in [0.1, 0.15) is 51.3 Å². The van der Waals surface area contributed by atoms with Crippen molar-refractivity contribution in [2.75, 3.05) is 5.88 Å². The number of hydrogen-bond acceptors (Lipinski definition) is 2. The largest absolute Gasteiger partial charge is 0.313 e. The fraction of sp³-hybridized carbons (Fsp3) is 0.625. The first kappa shape index (κ1) is 16.6. The minimum absolute atomic E-state index is 0.577. The van der Waals surface area contributed by atoms with E-state index in [4.69, 9.17) is 23.2 Å². The van der Waals surface area contributed by atoms with E-state index in [2.05, 4.69) is 21.5 Å². The van der Waals surface area contributed by atoms with Gasteiger partial charge in [0.15, 0.2) is 5.65 Å². The number of hydrogen-bond donors (Lipinski definition) is 0. The fourth-order valence-electron chi connectivity index (χ4n) is 2.59. The number of rotatable bonds is 9. The summed E-state index contributed by atoms with van der Waals surface area (Å²) in [5, 5.41) is 0.629. The summed E-state index contributed by atoms with van der Waals surface area (Å²) in [7, 11) is 0. The summed E-state index contributed by atoms with van der Waals surface area (Å²) in [6.45, 7) is 3.20. The first-order chi connectivity index (χ1) is 10.3. The molecule has 116 valence electrons. The standard InChI is InChI=1S/C16H23Cl2N3/c1-2-3-4-5-6-7-10-21-15(8-9-17)20-14-11-13(18)12-19-16(14)21/h11-12H,2-10H2,1H3. The molecule has 2 heterocycles. The Morgan fingerprint density at radius 1 is 1.14 bits per heavy atom. The Hall–Kier alpha value is -0.800. The quantitative estimate of drug-likeness (QED) is 0.466. The van der Waals surface area contributed by atoms with Crippen LogP contribution in [0.4, 0.5) is 0 Å². The smallest absolute Gasteiger partial charge is 0.160 e. The van der Waals surface area contributed by atoms with Crippen molar-refractivity contribution in [2.45, 2.75) is 58.4 Å². The molecule has 5 heteroatoms. The Kier molecular flexibility index (Phi) is 6.78. The third-order valence-electron chi connectivity index (χ3n) is 3.68. The van der Waals surface area contributed by atoms with E-state index in [1.807, 2.05) is 6.07 Å². The Balaban J connectivity index is 2.04. The van der Waals surface area contributed by atoms with Crippen LogP contribution < -0.4 is 0 Å². The van der Waals surface area contributed by atoms with Gasteiger partial charge in [-0.05, 0) is 12.5 Å². The van der Waals surface area contributed by atoms with Gasteiger partial charge in [0.05, 0.1) is 5.02 Å². The predicted molar refractivity (Wildman–Crippen MR) is 90.3 cm³/mol. The number of aromatic nitrogens is 3. The third kappa shape index (κ3) is 4.58. The monoisotopic (exact) mass is 327 g/mol. The predicted octanol–water partition coefficient (Wildman–Crippen LogP) is 5.23. The van der Waals surface area contributed by atoms with Crippen molar-refractivity contribution < 1.29 is 0 Å². The van der Waals surface area contributed by atoms with Crippen molar-refractivity contribution >= 4 is 34.4 Å². The minimum Gasteiger partial charge on any atom is -0.313 e. The molecule has 0 atom stereocenters. The first-order valence-corrected chi connectivity index (χ1v) is 8.74. The van der Waals surface area contributed by atoms with Gasteiger partial charge in [-0.2, -0.15) is 0 Å². The second-order valence-electron chi connectivity index (χ2n) is 5.38. The van der Waals surface area contributed by atoms with Gasteiger partial charge in [-0.25, -0.2) is 9.97 Å². The van der Waals surface area contributed by atoms with Crippen molar-refractivity contribution in [3.63, 3.8) is 0 Å². The maximum Gasteiger partial charge on any atom is 0.160 e.